The van der Waals surface area contributed by atoms with Gasteiger partial charge in [-0.1, -0.05) is 61.2 Å². The van der Waals surface area contributed by atoms with Crippen molar-refractivity contribution in [1.29, 1.82) is 0 Å². The molecule has 7 nitrogen and oxygen atoms in total. The average molecular weight is 423 g/mol. The Labute approximate surface area is 180 Å². The fraction of sp³-hybridized carbons (Fsp3) is 0.292. The number of carboxylic acids is 1. The van der Waals surface area contributed by atoms with E-state index in [1.54, 1.807) is 0 Å². The molecule has 0 spiro atoms. The number of aliphatic carboxylic acids is 1. The molecule has 1 amide bonds. The lowest BCUT2D eigenvalue weighted by molar-refractivity contribution is -0.145. The van der Waals surface area contributed by atoms with Crippen molar-refractivity contribution in [1.82, 2.24) is 5.32 Å². The summed E-state index contributed by atoms with van der Waals surface area (Å²) in [6, 6.07) is 15.0. The molecule has 0 heterocycles. The number of benzene rings is 2. The SMILES string of the molecule is C=CCOC(=O)C(CCCC(=O)O)NC(=O)OCC1c2ccccc2-c2ccccc21. The van der Waals surface area contributed by atoms with Crippen LogP contribution in [0.5, 0.6) is 0 Å². The minimum atomic E-state index is -0.991. The van der Waals surface area contributed by atoms with Crippen LogP contribution in [0.3, 0.4) is 0 Å². The maximum atomic E-state index is 12.4. The Kier molecular flexibility index (Phi) is 7.43. The number of nitrogens with one attached hydrogen (secondary N) is 1. The van der Waals surface area contributed by atoms with Gasteiger partial charge in [-0.05, 0) is 35.1 Å². The Hall–Kier alpha value is -3.61. The normalized spacial score (nSPS) is 12.9. The van der Waals surface area contributed by atoms with Gasteiger partial charge in [0.25, 0.3) is 0 Å². The van der Waals surface area contributed by atoms with Crippen LogP contribution in [-0.4, -0.2) is 42.4 Å². The van der Waals surface area contributed by atoms with Crippen molar-refractivity contribution >= 4 is 18.0 Å². The van der Waals surface area contributed by atoms with Crippen molar-refractivity contribution < 1.29 is 29.0 Å². The fourth-order valence-electron chi connectivity index (χ4n) is 3.73. The van der Waals surface area contributed by atoms with Crippen LogP contribution in [0.4, 0.5) is 4.79 Å². The van der Waals surface area contributed by atoms with E-state index in [1.165, 1.54) is 6.08 Å². The molecule has 1 atom stereocenters. The first-order valence-electron chi connectivity index (χ1n) is 10.1. The monoisotopic (exact) mass is 423 g/mol. The van der Waals surface area contributed by atoms with Gasteiger partial charge in [-0.3, -0.25) is 4.79 Å². The zero-order valence-corrected chi connectivity index (χ0v) is 17.1. The van der Waals surface area contributed by atoms with E-state index in [4.69, 9.17) is 14.6 Å². The molecule has 1 aliphatic rings. The first-order valence-corrected chi connectivity index (χ1v) is 10.1. The van der Waals surface area contributed by atoms with Crippen LogP contribution in [0.15, 0.2) is 61.2 Å². The van der Waals surface area contributed by atoms with Crippen molar-refractivity contribution in [2.75, 3.05) is 13.2 Å². The number of esters is 1. The number of hydrogen-bond acceptors (Lipinski definition) is 5. The van der Waals surface area contributed by atoms with Gasteiger partial charge in [0.15, 0.2) is 0 Å². The quantitative estimate of drug-likeness (QED) is 0.444. The highest BCUT2D eigenvalue weighted by molar-refractivity contribution is 5.82. The largest absolute Gasteiger partial charge is 0.481 e. The Morgan fingerprint density at radius 3 is 2.23 bits per heavy atom. The summed E-state index contributed by atoms with van der Waals surface area (Å²) in [6.07, 6.45) is 0.897. The fourth-order valence-corrected chi connectivity index (χ4v) is 3.73. The summed E-state index contributed by atoms with van der Waals surface area (Å²) in [5.41, 5.74) is 4.40. The van der Waals surface area contributed by atoms with E-state index in [0.29, 0.717) is 0 Å². The van der Waals surface area contributed by atoms with E-state index in [1.807, 2.05) is 48.5 Å². The molecule has 0 bridgehead atoms. The molecule has 7 heteroatoms. The highest BCUT2D eigenvalue weighted by atomic mass is 16.6. The molecule has 1 unspecified atom stereocenters. The van der Waals surface area contributed by atoms with E-state index >= 15 is 0 Å². The maximum Gasteiger partial charge on any atom is 0.407 e. The molecule has 0 fully saturated rings. The number of ether oxygens (including phenoxy) is 2. The van der Waals surface area contributed by atoms with Crippen molar-refractivity contribution in [3.8, 4) is 11.1 Å². The Morgan fingerprint density at radius 2 is 1.65 bits per heavy atom. The molecule has 31 heavy (non-hydrogen) atoms. The molecule has 2 aromatic rings. The first kappa shape index (κ1) is 22.1. The molecule has 2 N–H and O–H groups in total. The number of amides is 1. The lowest BCUT2D eigenvalue weighted by atomic mass is 9.98. The summed E-state index contributed by atoms with van der Waals surface area (Å²) in [6.45, 7) is 3.60. The molecule has 3 rings (SSSR count). The molecule has 1 aliphatic carbocycles. The number of carboxylic acid groups (broad SMARTS) is 1. The number of fused-ring (bicyclic) bond motifs is 3. The average Bonchev–Trinajstić information content (AvgIpc) is 3.09. The summed E-state index contributed by atoms with van der Waals surface area (Å²) < 4.78 is 10.5. The highest BCUT2D eigenvalue weighted by Crippen LogP contribution is 2.44. The number of carbonyl (C=O) groups is 3. The minimum Gasteiger partial charge on any atom is -0.481 e. The van der Waals surface area contributed by atoms with Crippen LogP contribution in [0, 0.1) is 0 Å². The number of hydrogen-bond donors (Lipinski definition) is 2. The van der Waals surface area contributed by atoms with E-state index < -0.39 is 24.1 Å². The second kappa shape index (κ2) is 10.4. The summed E-state index contributed by atoms with van der Waals surface area (Å²) in [7, 11) is 0. The van der Waals surface area contributed by atoms with Gasteiger partial charge >= 0.3 is 18.0 Å². The molecular weight excluding hydrogens is 398 g/mol. The second-order valence-electron chi connectivity index (χ2n) is 7.23. The summed E-state index contributed by atoms with van der Waals surface area (Å²) in [4.78, 5) is 35.4. The van der Waals surface area contributed by atoms with Gasteiger partial charge in [-0.15, -0.1) is 0 Å². The molecule has 0 aliphatic heterocycles. The van der Waals surface area contributed by atoms with Crippen molar-refractivity contribution in [3.05, 3.63) is 72.3 Å². The van der Waals surface area contributed by atoms with Crippen molar-refractivity contribution in [2.24, 2.45) is 0 Å². The number of rotatable bonds is 10. The maximum absolute atomic E-state index is 12.4. The zero-order chi connectivity index (χ0) is 22.2. The highest BCUT2D eigenvalue weighted by Gasteiger charge is 2.30. The number of alkyl carbamates (subject to hydrolysis) is 1. The van der Waals surface area contributed by atoms with E-state index in [2.05, 4.69) is 11.9 Å². The summed E-state index contributed by atoms with van der Waals surface area (Å²) in [5.74, 6) is -1.73. The predicted octanol–water partition coefficient (Wildman–Crippen LogP) is 3.88. The molecule has 0 aromatic heterocycles. The van der Waals surface area contributed by atoms with E-state index in [9.17, 15) is 14.4 Å². The summed E-state index contributed by atoms with van der Waals surface area (Å²) in [5, 5.41) is 11.3. The molecule has 0 saturated heterocycles. The van der Waals surface area contributed by atoms with Gasteiger partial charge in [0.1, 0.15) is 19.3 Å². The molecule has 2 aromatic carbocycles. The summed E-state index contributed by atoms with van der Waals surface area (Å²) >= 11 is 0. The Balaban J connectivity index is 1.63. The van der Waals surface area contributed by atoms with Crippen molar-refractivity contribution in [2.45, 2.75) is 31.2 Å². The third-order valence-electron chi connectivity index (χ3n) is 5.15. The van der Waals surface area contributed by atoms with Crippen LogP contribution < -0.4 is 5.32 Å². The lowest BCUT2D eigenvalue weighted by Gasteiger charge is -2.19. The lowest BCUT2D eigenvalue weighted by Crippen LogP contribution is -2.42. The van der Waals surface area contributed by atoms with E-state index in [-0.39, 0.29) is 38.4 Å². The van der Waals surface area contributed by atoms with E-state index in [0.717, 1.165) is 22.3 Å². The van der Waals surface area contributed by atoms with Gasteiger partial charge in [-0.2, -0.15) is 0 Å². The third kappa shape index (κ3) is 5.51. The third-order valence-corrected chi connectivity index (χ3v) is 5.15. The van der Waals surface area contributed by atoms with Gasteiger partial charge in [0.2, 0.25) is 0 Å². The zero-order valence-electron chi connectivity index (χ0n) is 17.1. The van der Waals surface area contributed by atoms with Gasteiger partial charge in [-0.25, -0.2) is 9.59 Å². The standard InChI is InChI=1S/C24H25NO6/c1-2-14-30-23(28)21(12-7-13-22(26)27)25-24(29)31-15-20-18-10-5-3-8-16(18)17-9-4-6-11-19(17)20/h2-6,8-11,20-21H,1,7,12-15H2,(H,25,29)(H,26,27). The minimum absolute atomic E-state index is 0.000629. The van der Waals surface area contributed by atoms with Crippen LogP contribution >= 0.6 is 0 Å². The van der Waals surface area contributed by atoms with Crippen LogP contribution in [0.1, 0.15) is 36.3 Å². The van der Waals surface area contributed by atoms with Crippen LogP contribution in [0.2, 0.25) is 0 Å². The molecule has 0 radical (unpaired) electrons. The second-order valence-corrected chi connectivity index (χ2v) is 7.23. The smallest absolute Gasteiger partial charge is 0.407 e. The van der Waals surface area contributed by atoms with Gasteiger partial charge in [0.05, 0.1) is 0 Å². The van der Waals surface area contributed by atoms with Crippen LogP contribution in [0.25, 0.3) is 11.1 Å². The topological polar surface area (TPSA) is 102 Å². The Bertz CT molecular complexity index is 925. The Morgan fingerprint density at radius 1 is 1.03 bits per heavy atom. The van der Waals surface area contributed by atoms with Crippen LogP contribution in [-0.2, 0) is 19.1 Å². The molecule has 0 saturated carbocycles. The molecular formula is C24H25NO6. The van der Waals surface area contributed by atoms with Gasteiger partial charge in [0, 0.05) is 12.3 Å². The predicted molar refractivity (Wildman–Crippen MR) is 115 cm³/mol. The van der Waals surface area contributed by atoms with Crippen molar-refractivity contribution in [3.63, 3.8) is 0 Å². The van der Waals surface area contributed by atoms with Gasteiger partial charge < -0.3 is 19.9 Å². The molecule has 162 valence electrons. The number of carbonyl (C=O) groups excluding carboxylic acids is 2. The first-order chi connectivity index (χ1) is 15.0.